The summed E-state index contributed by atoms with van der Waals surface area (Å²) in [5.41, 5.74) is 0.490. The van der Waals surface area contributed by atoms with E-state index in [-0.39, 0.29) is 25.9 Å². The average molecular weight is 316 g/mol. The van der Waals surface area contributed by atoms with Gasteiger partial charge in [-0.05, 0) is 24.3 Å². The standard InChI is InChI=1S/C16H16N2O5/c19-12(8-18-16(20)11-3-5-17-6-4-11)9-21-13-1-2-14-15(7-13)23-10-22-14/h1-7,12,19H,8-10H2,(H,18,20)/t12-/m1/s1. The number of amides is 1. The first-order chi connectivity index (χ1) is 11.2. The largest absolute Gasteiger partial charge is 0.491 e. The van der Waals surface area contributed by atoms with Crippen molar-refractivity contribution in [1.82, 2.24) is 10.3 Å². The molecule has 0 unspecified atom stereocenters. The van der Waals surface area contributed by atoms with Crippen LogP contribution in [-0.2, 0) is 0 Å². The van der Waals surface area contributed by atoms with Crippen molar-refractivity contribution < 1.29 is 24.1 Å². The third-order valence-electron chi connectivity index (χ3n) is 3.23. The Balaban J connectivity index is 1.44. The van der Waals surface area contributed by atoms with Crippen LogP contribution in [0.1, 0.15) is 10.4 Å². The van der Waals surface area contributed by atoms with Crippen molar-refractivity contribution in [3.63, 3.8) is 0 Å². The molecule has 0 saturated carbocycles. The van der Waals surface area contributed by atoms with Crippen molar-refractivity contribution >= 4 is 5.91 Å². The fourth-order valence-corrected chi connectivity index (χ4v) is 2.03. The second-order valence-corrected chi connectivity index (χ2v) is 4.93. The zero-order valence-electron chi connectivity index (χ0n) is 12.3. The van der Waals surface area contributed by atoms with Crippen LogP contribution in [0.3, 0.4) is 0 Å². The number of pyridine rings is 1. The summed E-state index contributed by atoms with van der Waals surface area (Å²) in [5.74, 6) is 1.58. The average Bonchev–Trinajstić information content (AvgIpc) is 3.06. The number of aliphatic hydroxyl groups excluding tert-OH is 1. The van der Waals surface area contributed by atoms with Crippen molar-refractivity contribution in [3.8, 4) is 17.2 Å². The molecule has 3 rings (SSSR count). The Morgan fingerprint density at radius 2 is 2.04 bits per heavy atom. The predicted molar refractivity (Wildman–Crippen MR) is 80.6 cm³/mol. The van der Waals surface area contributed by atoms with Gasteiger partial charge in [0.25, 0.3) is 5.91 Å². The normalized spacial score (nSPS) is 13.4. The van der Waals surface area contributed by atoms with Crippen molar-refractivity contribution in [2.24, 2.45) is 0 Å². The minimum atomic E-state index is -0.828. The molecule has 7 nitrogen and oxygen atoms in total. The first kappa shape index (κ1) is 15.1. The highest BCUT2D eigenvalue weighted by Gasteiger charge is 2.15. The lowest BCUT2D eigenvalue weighted by molar-refractivity contribution is 0.0843. The molecule has 1 amide bonds. The highest BCUT2D eigenvalue weighted by atomic mass is 16.7. The molecule has 2 aromatic rings. The molecule has 0 spiro atoms. The second kappa shape index (κ2) is 6.97. The minimum absolute atomic E-state index is 0.0519. The molecule has 2 N–H and O–H groups in total. The summed E-state index contributed by atoms with van der Waals surface area (Å²) in [5, 5.41) is 12.5. The molecule has 7 heteroatoms. The van der Waals surface area contributed by atoms with Gasteiger partial charge in [0, 0.05) is 30.6 Å². The van der Waals surface area contributed by atoms with E-state index in [2.05, 4.69) is 10.3 Å². The highest BCUT2D eigenvalue weighted by molar-refractivity contribution is 5.93. The second-order valence-electron chi connectivity index (χ2n) is 4.93. The van der Waals surface area contributed by atoms with Crippen LogP contribution in [-0.4, -0.2) is 42.0 Å². The van der Waals surface area contributed by atoms with Gasteiger partial charge >= 0.3 is 0 Å². The zero-order chi connectivity index (χ0) is 16.1. The van der Waals surface area contributed by atoms with Gasteiger partial charge in [0.2, 0.25) is 6.79 Å². The predicted octanol–water partition coefficient (Wildman–Crippen LogP) is 0.980. The number of nitrogens with zero attached hydrogens (tertiary/aromatic N) is 1. The Kier molecular flexibility index (Phi) is 4.58. The van der Waals surface area contributed by atoms with Crippen LogP contribution in [0.2, 0.25) is 0 Å². The molecule has 1 aromatic carbocycles. The molecule has 120 valence electrons. The maximum Gasteiger partial charge on any atom is 0.251 e. The molecule has 23 heavy (non-hydrogen) atoms. The van der Waals surface area contributed by atoms with Crippen LogP contribution in [0.25, 0.3) is 0 Å². The van der Waals surface area contributed by atoms with E-state index >= 15 is 0 Å². The molecule has 0 saturated heterocycles. The molecule has 1 aliphatic heterocycles. The molecule has 1 atom stereocenters. The Bertz CT molecular complexity index is 677. The molecule has 0 fully saturated rings. The molecule has 1 aromatic heterocycles. The Labute approximate surface area is 132 Å². The van der Waals surface area contributed by atoms with Crippen molar-refractivity contribution in [3.05, 3.63) is 48.3 Å². The van der Waals surface area contributed by atoms with Crippen molar-refractivity contribution in [2.45, 2.75) is 6.10 Å². The van der Waals surface area contributed by atoms with Gasteiger partial charge in [0.15, 0.2) is 11.5 Å². The first-order valence-electron chi connectivity index (χ1n) is 7.11. The van der Waals surface area contributed by atoms with Gasteiger partial charge in [-0.1, -0.05) is 0 Å². The molecule has 2 heterocycles. The van der Waals surface area contributed by atoms with E-state index in [0.29, 0.717) is 22.8 Å². The zero-order valence-corrected chi connectivity index (χ0v) is 12.3. The van der Waals surface area contributed by atoms with Crippen molar-refractivity contribution in [2.75, 3.05) is 19.9 Å². The fraction of sp³-hybridized carbons (Fsp3) is 0.250. The molecule has 1 aliphatic rings. The summed E-state index contributed by atoms with van der Waals surface area (Å²) >= 11 is 0. The van der Waals surface area contributed by atoms with E-state index in [1.165, 1.54) is 12.4 Å². The molecular weight excluding hydrogens is 300 g/mol. The first-order valence-corrected chi connectivity index (χ1v) is 7.11. The lowest BCUT2D eigenvalue weighted by Crippen LogP contribution is -2.35. The van der Waals surface area contributed by atoms with Crippen LogP contribution < -0.4 is 19.5 Å². The van der Waals surface area contributed by atoms with E-state index in [1.54, 1.807) is 30.3 Å². The van der Waals surface area contributed by atoms with Gasteiger partial charge in [-0.2, -0.15) is 0 Å². The number of nitrogens with one attached hydrogen (secondary N) is 1. The summed E-state index contributed by atoms with van der Waals surface area (Å²) in [6, 6.07) is 8.38. The number of aliphatic hydroxyl groups is 1. The Morgan fingerprint density at radius 3 is 2.87 bits per heavy atom. The summed E-state index contributed by atoms with van der Waals surface area (Å²) in [4.78, 5) is 15.7. The minimum Gasteiger partial charge on any atom is -0.491 e. The highest BCUT2D eigenvalue weighted by Crippen LogP contribution is 2.35. The van der Waals surface area contributed by atoms with Gasteiger partial charge in [0.1, 0.15) is 18.5 Å². The third kappa shape index (κ3) is 3.89. The van der Waals surface area contributed by atoms with E-state index in [4.69, 9.17) is 14.2 Å². The SMILES string of the molecule is O=C(NC[C@@H](O)COc1ccc2c(c1)OCO2)c1ccncc1. The molecule has 0 radical (unpaired) electrons. The number of hydrogen-bond acceptors (Lipinski definition) is 6. The monoisotopic (exact) mass is 316 g/mol. The number of carbonyl (C=O) groups excluding carboxylic acids is 1. The van der Waals surface area contributed by atoms with E-state index in [9.17, 15) is 9.90 Å². The fourth-order valence-electron chi connectivity index (χ4n) is 2.03. The number of carbonyl (C=O) groups is 1. The molecule has 0 aliphatic carbocycles. The maximum atomic E-state index is 11.8. The van der Waals surface area contributed by atoms with Crippen molar-refractivity contribution in [1.29, 1.82) is 0 Å². The van der Waals surface area contributed by atoms with E-state index in [0.717, 1.165) is 0 Å². The van der Waals surface area contributed by atoms with Gasteiger partial charge in [-0.15, -0.1) is 0 Å². The quantitative estimate of drug-likeness (QED) is 0.826. The summed E-state index contributed by atoms with van der Waals surface area (Å²) in [6.07, 6.45) is 2.24. The Morgan fingerprint density at radius 1 is 1.26 bits per heavy atom. The summed E-state index contributed by atoms with van der Waals surface area (Å²) in [7, 11) is 0. The molecular formula is C16H16N2O5. The van der Waals surface area contributed by atoms with Gasteiger partial charge in [-0.25, -0.2) is 0 Å². The van der Waals surface area contributed by atoms with Crippen LogP contribution in [0.4, 0.5) is 0 Å². The Hall–Kier alpha value is -2.80. The number of benzene rings is 1. The van der Waals surface area contributed by atoms with Crippen LogP contribution in [0, 0.1) is 0 Å². The third-order valence-corrected chi connectivity index (χ3v) is 3.23. The van der Waals surface area contributed by atoms with Gasteiger partial charge < -0.3 is 24.6 Å². The smallest absolute Gasteiger partial charge is 0.251 e. The maximum absolute atomic E-state index is 11.8. The van der Waals surface area contributed by atoms with Crippen LogP contribution >= 0.6 is 0 Å². The van der Waals surface area contributed by atoms with Crippen LogP contribution in [0.5, 0.6) is 17.2 Å². The lowest BCUT2D eigenvalue weighted by atomic mass is 10.2. The molecule has 0 bridgehead atoms. The number of aromatic nitrogens is 1. The van der Waals surface area contributed by atoms with E-state index in [1.807, 2.05) is 0 Å². The number of hydrogen-bond donors (Lipinski definition) is 2. The lowest BCUT2D eigenvalue weighted by Gasteiger charge is -2.13. The van der Waals surface area contributed by atoms with Gasteiger partial charge in [-0.3, -0.25) is 9.78 Å². The number of fused-ring (bicyclic) bond motifs is 1. The summed E-state index contributed by atoms with van der Waals surface area (Å²) < 4.78 is 15.9. The van der Waals surface area contributed by atoms with Crippen LogP contribution in [0.15, 0.2) is 42.7 Å². The number of rotatable bonds is 6. The number of ether oxygens (including phenoxy) is 3. The topological polar surface area (TPSA) is 89.9 Å². The van der Waals surface area contributed by atoms with Gasteiger partial charge in [0.05, 0.1) is 0 Å². The van der Waals surface area contributed by atoms with E-state index < -0.39 is 6.10 Å². The summed E-state index contributed by atoms with van der Waals surface area (Å²) in [6.45, 7) is 0.338.